The first-order valence-corrected chi connectivity index (χ1v) is 6.07. The van der Waals surface area contributed by atoms with Gasteiger partial charge in [0.05, 0.1) is 6.04 Å². The molecule has 0 aliphatic carbocycles. The first kappa shape index (κ1) is 13.5. The molecule has 0 radical (unpaired) electrons. The first-order valence-electron chi connectivity index (χ1n) is 6.07. The number of anilines is 1. The second-order valence-corrected chi connectivity index (χ2v) is 4.28. The van der Waals surface area contributed by atoms with Crippen molar-refractivity contribution in [3.05, 3.63) is 65.5 Å². The lowest BCUT2D eigenvalue weighted by Gasteiger charge is -2.19. The summed E-state index contributed by atoms with van der Waals surface area (Å²) in [5.74, 6) is -1.66. The normalized spacial score (nSPS) is 12.2. The third-order valence-corrected chi connectivity index (χ3v) is 2.89. The third kappa shape index (κ3) is 3.28. The van der Waals surface area contributed by atoms with E-state index in [0.717, 1.165) is 6.07 Å². The smallest absolute Gasteiger partial charge is 0.128 e. The Balaban J connectivity index is 2.26. The van der Waals surface area contributed by atoms with Gasteiger partial charge >= 0.3 is 0 Å². The predicted octanol–water partition coefficient (Wildman–Crippen LogP) is 4.67. The summed E-state index contributed by atoms with van der Waals surface area (Å²) in [6.45, 7) is 1.87. The van der Waals surface area contributed by atoms with Crippen molar-refractivity contribution in [3.8, 4) is 0 Å². The SMILES string of the molecule is CCC(Nc1cc(F)cc(F)c1)c1ccccc1F. The van der Waals surface area contributed by atoms with Crippen molar-refractivity contribution in [2.45, 2.75) is 19.4 Å². The zero-order valence-electron chi connectivity index (χ0n) is 10.5. The zero-order valence-corrected chi connectivity index (χ0v) is 10.5. The van der Waals surface area contributed by atoms with E-state index in [1.807, 2.05) is 6.92 Å². The van der Waals surface area contributed by atoms with Gasteiger partial charge in [-0.3, -0.25) is 0 Å². The van der Waals surface area contributed by atoms with Crippen LogP contribution in [0.5, 0.6) is 0 Å². The molecule has 0 aliphatic rings. The zero-order chi connectivity index (χ0) is 13.8. The van der Waals surface area contributed by atoms with Crippen molar-refractivity contribution in [1.29, 1.82) is 0 Å². The largest absolute Gasteiger partial charge is 0.378 e. The summed E-state index contributed by atoms with van der Waals surface area (Å²) in [6, 6.07) is 9.21. The Morgan fingerprint density at radius 2 is 1.63 bits per heavy atom. The highest BCUT2D eigenvalue weighted by molar-refractivity contribution is 5.46. The van der Waals surface area contributed by atoms with Crippen LogP contribution in [0, 0.1) is 17.5 Å². The van der Waals surface area contributed by atoms with Gasteiger partial charge in [-0.25, -0.2) is 13.2 Å². The van der Waals surface area contributed by atoms with Crippen molar-refractivity contribution in [2.75, 3.05) is 5.32 Å². The Hall–Kier alpha value is -1.97. The van der Waals surface area contributed by atoms with E-state index >= 15 is 0 Å². The highest BCUT2D eigenvalue weighted by atomic mass is 19.1. The molecule has 0 bridgehead atoms. The molecule has 2 aromatic carbocycles. The Bertz CT molecular complexity index is 549. The van der Waals surface area contributed by atoms with Crippen molar-refractivity contribution in [3.63, 3.8) is 0 Å². The Morgan fingerprint density at radius 3 is 2.21 bits per heavy atom. The third-order valence-electron chi connectivity index (χ3n) is 2.89. The van der Waals surface area contributed by atoms with Gasteiger partial charge < -0.3 is 5.32 Å². The van der Waals surface area contributed by atoms with Crippen LogP contribution in [0.15, 0.2) is 42.5 Å². The minimum atomic E-state index is -0.661. The average Bonchev–Trinajstić information content (AvgIpc) is 2.36. The van der Waals surface area contributed by atoms with Crippen molar-refractivity contribution in [2.24, 2.45) is 0 Å². The minimum absolute atomic E-state index is 0.299. The molecule has 0 amide bonds. The van der Waals surface area contributed by atoms with Gasteiger partial charge in [0.15, 0.2) is 0 Å². The van der Waals surface area contributed by atoms with Crippen LogP contribution in [0.25, 0.3) is 0 Å². The monoisotopic (exact) mass is 265 g/mol. The fourth-order valence-corrected chi connectivity index (χ4v) is 2.00. The van der Waals surface area contributed by atoms with E-state index in [0.29, 0.717) is 17.7 Å². The molecule has 1 N–H and O–H groups in total. The topological polar surface area (TPSA) is 12.0 Å². The number of nitrogens with one attached hydrogen (secondary N) is 1. The quantitative estimate of drug-likeness (QED) is 0.847. The molecule has 1 unspecified atom stereocenters. The van der Waals surface area contributed by atoms with Gasteiger partial charge in [-0.15, -0.1) is 0 Å². The number of halogens is 3. The van der Waals surface area contributed by atoms with E-state index in [-0.39, 0.29) is 11.9 Å². The molecule has 0 saturated heterocycles. The standard InChI is InChI=1S/C15H14F3N/c1-2-15(13-5-3-4-6-14(13)18)19-12-8-10(16)7-11(17)9-12/h3-9,15,19H,2H2,1H3. The van der Waals surface area contributed by atoms with E-state index in [4.69, 9.17) is 0 Å². The number of benzene rings is 2. The summed E-state index contributed by atoms with van der Waals surface area (Å²) >= 11 is 0. The molecular weight excluding hydrogens is 251 g/mol. The van der Waals surface area contributed by atoms with Gasteiger partial charge in [0, 0.05) is 17.3 Å². The molecule has 1 atom stereocenters. The number of rotatable bonds is 4. The fraction of sp³-hybridized carbons (Fsp3) is 0.200. The first-order chi connectivity index (χ1) is 9.10. The molecule has 1 nitrogen and oxygen atoms in total. The second-order valence-electron chi connectivity index (χ2n) is 4.28. The van der Waals surface area contributed by atoms with Gasteiger partial charge in [0.1, 0.15) is 17.5 Å². The van der Waals surface area contributed by atoms with E-state index in [2.05, 4.69) is 5.32 Å². The maximum Gasteiger partial charge on any atom is 0.128 e. The maximum atomic E-state index is 13.7. The Kier molecular flexibility index (Phi) is 4.10. The molecule has 4 heteroatoms. The van der Waals surface area contributed by atoms with Crippen LogP contribution in [0.1, 0.15) is 24.9 Å². The van der Waals surface area contributed by atoms with Crippen molar-refractivity contribution < 1.29 is 13.2 Å². The van der Waals surface area contributed by atoms with Crippen LogP contribution in [-0.4, -0.2) is 0 Å². The van der Waals surface area contributed by atoms with Gasteiger partial charge in [-0.1, -0.05) is 25.1 Å². The van der Waals surface area contributed by atoms with Crippen molar-refractivity contribution in [1.82, 2.24) is 0 Å². The van der Waals surface area contributed by atoms with Crippen LogP contribution in [0.2, 0.25) is 0 Å². The molecule has 100 valence electrons. The van der Waals surface area contributed by atoms with Crippen LogP contribution in [0.4, 0.5) is 18.9 Å². The number of hydrogen-bond acceptors (Lipinski definition) is 1. The molecular formula is C15H14F3N. The summed E-state index contributed by atoms with van der Waals surface area (Å²) in [5.41, 5.74) is 0.780. The molecule has 0 aliphatic heterocycles. The summed E-state index contributed by atoms with van der Waals surface area (Å²) in [6.07, 6.45) is 0.596. The summed E-state index contributed by atoms with van der Waals surface area (Å²) in [5, 5.41) is 2.95. The lowest BCUT2D eigenvalue weighted by molar-refractivity contribution is 0.578. The Labute approximate surface area is 110 Å². The van der Waals surface area contributed by atoms with E-state index in [1.165, 1.54) is 18.2 Å². The van der Waals surface area contributed by atoms with E-state index < -0.39 is 11.6 Å². The highest BCUT2D eigenvalue weighted by Crippen LogP contribution is 2.25. The minimum Gasteiger partial charge on any atom is -0.378 e. The van der Waals surface area contributed by atoms with Gasteiger partial charge in [-0.2, -0.15) is 0 Å². The van der Waals surface area contributed by atoms with E-state index in [1.54, 1.807) is 18.2 Å². The molecule has 2 aromatic rings. The number of hydrogen-bond donors (Lipinski definition) is 1. The van der Waals surface area contributed by atoms with Gasteiger partial charge in [0.2, 0.25) is 0 Å². The second kappa shape index (κ2) is 5.78. The predicted molar refractivity (Wildman–Crippen MR) is 69.4 cm³/mol. The molecule has 0 fully saturated rings. The van der Waals surface area contributed by atoms with Crippen LogP contribution in [-0.2, 0) is 0 Å². The average molecular weight is 265 g/mol. The molecule has 19 heavy (non-hydrogen) atoms. The Morgan fingerprint density at radius 1 is 1.00 bits per heavy atom. The fourth-order valence-electron chi connectivity index (χ4n) is 2.00. The van der Waals surface area contributed by atoms with Gasteiger partial charge in [0.25, 0.3) is 0 Å². The molecule has 0 aromatic heterocycles. The summed E-state index contributed by atoms with van der Waals surface area (Å²) in [7, 11) is 0. The molecule has 0 spiro atoms. The molecule has 0 saturated carbocycles. The molecule has 2 rings (SSSR count). The van der Waals surface area contributed by atoms with Gasteiger partial charge in [-0.05, 0) is 24.6 Å². The van der Waals surface area contributed by atoms with Crippen LogP contribution in [0.3, 0.4) is 0 Å². The van der Waals surface area contributed by atoms with Crippen LogP contribution < -0.4 is 5.32 Å². The highest BCUT2D eigenvalue weighted by Gasteiger charge is 2.14. The molecule has 0 heterocycles. The summed E-state index contributed by atoms with van der Waals surface area (Å²) < 4.78 is 39.9. The lowest BCUT2D eigenvalue weighted by atomic mass is 10.0. The lowest BCUT2D eigenvalue weighted by Crippen LogP contribution is -2.11. The van der Waals surface area contributed by atoms with Crippen LogP contribution >= 0.6 is 0 Å². The maximum absolute atomic E-state index is 13.7. The summed E-state index contributed by atoms with van der Waals surface area (Å²) in [4.78, 5) is 0. The van der Waals surface area contributed by atoms with Crippen molar-refractivity contribution >= 4 is 5.69 Å². The van der Waals surface area contributed by atoms with E-state index in [9.17, 15) is 13.2 Å².